The van der Waals surface area contributed by atoms with Crippen molar-refractivity contribution in [3.63, 3.8) is 0 Å². The molecule has 11 heteroatoms. The van der Waals surface area contributed by atoms with Gasteiger partial charge in [-0.15, -0.1) is 22.7 Å². The van der Waals surface area contributed by atoms with Crippen LogP contribution in [-0.2, 0) is 10.0 Å². The van der Waals surface area contributed by atoms with Gasteiger partial charge < -0.3 is 5.32 Å². The largest absolute Gasteiger partial charge is 0.321 e. The van der Waals surface area contributed by atoms with Crippen LogP contribution in [0.2, 0.25) is 5.02 Å². The maximum atomic E-state index is 12.7. The van der Waals surface area contributed by atoms with Crippen molar-refractivity contribution in [1.82, 2.24) is 4.98 Å². The minimum atomic E-state index is -3.74. The summed E-state index contributed by atoms with van der Waals surface area (Å²) in [6.07, 6.45) is 1.52. The van der Waals surface area contributed by atoms with E-state index in [0.29, 0.717) is 20.7 Å². The monoisotopic (exact) mass is 575 g/mol. The molecule has 0 unspecified atom stereocenters. The number of anilines is 2. The number of amides is 1. The molecule has 0 aliphatic rings. The number of rotatable bonds is 5. The first-order chi connectivity index (χ1) is 13.8. The van der Waals surface area contributed by atoms with Crippen molar-refractivity contribution in [3.05, 3.63) is 67.5 Å². The number of nitrogens with zero attached hydrogens (tertiary/aromatic N) is 1. The third-order valence-corrected chi connectivity index (χ3v) is 8.92. The highest BCUT2D eigenvalue weighted by molar-refractivity contribution is 14.1. The fourth-order valence-electron chi connectivity index (χ4n) is 2.54. The van der Waals surface area contributed by atoms with Crippen LogP contribution in [0.1, 0.15) is 9.67 Å². The summed E-state index contributed by atoms with van der Waals surface area (Å²) < 4.78 is 29.0. The predicted octanol–water partition coefficient (Wildman–Crippen LogP) is 5.67. The van der Waals surface area contributed by atoms with E-state index in [1.807, 2.05) is 12.1 Å². The van der Waals surface area contributed by atoms with Gasteiger partial charge in [-0.1, -0.05) is 17.7 Å². The van der Waals surface area contributed by atoms with E-state index in [1.165, 1.54) is 41.0 Å². The quantitative estimate of drug-likeness (QED) is 0.300. The number of nitrogens with one attached hydrogen (secondary N) is 2. The third-order valence-electron chi connectivity index (χ3n) is 3.87. The van der Waals surface area contributed by atoms with E-state index < -0.39 is 10.0 Å². The van der Waals surface area contributed by atoms with Gasteiger partial charge >= 0.3 is 0 Å². The number of benzene rings is 2. The fraction of sp³-hybridized carbons (Fsp3) is 0. The van der Waals surface area contributed by atoms with Crippen molar-refractivity contribution in [2.45, 2.75) is 4.90 Å². The highest BCUT2D eigenvalue weighted by Crippen LogP contribution is 2.34. The first-order valence-electron chi connectivity index (χ1n) is 8.05. The Morgan fingerprint density at radius 3 is 2.59 bits per heavy atom. The average molecular weight is 576 g/mol. The van der Waals surface area contributed by atoms with Gasteiger partial charge in [0.2, 0.25) is 0 Å². The maximum Gasteiger partial charge on any atom is 0.266 e. The summed E-state index contributed by atoms with van der Waals surface area (Å²) >= 11 is 10.7. The molecule has 2 heterocycles. The Kier molecular flexibility index (Phi) is 5.80. The second-order valence-electron chi connectivity index (χ2n) is 5.81. The molecule has 29 heavy (non-hydrogen) atoms. The van der Waals surface area contributed by atoms with E-state index in [9.17, 15) is 13.2 Å². The molecule has 0 aliphatic heterocycles. The van der Waals surface area contributed by atoms with E-state index in [0.717, 1.165) is 13.7 Å². The molecule has 0 aliphatic carbocycles. The molecular formula is C18H11ClIN3O3S3. The van der Waals surface area contributed by atoms with Crippen LogP contribution in [-0.4, -0.2) is 19.3 Å². The van der Waals surface area contributed by atoms with Gasteiger partial charge in [0.05, 0.1) is 4.90 Å². The second kappa shape index (κ2) is 8.19. The summed E-state index contributed by atoms with van der Waals surface area (Å²) in [5, 5.41) is 6.37. The zero-order chi connectivity index (χ0) is 20.6. The van der Waals surface area contributed by atoms with Crippen LogP contribution in [0.15, 0.2) is 58.9 Å². The third kappa shape index (κ3) is 4.40. The lowest BCUT2D eigenvalue weighted by molar-refractivity contribution is 0.103. The first-order valence-corrected chi connectivity index (χ1v) is 12.7. The van der Waals surface area contributed by atoms with E-state index >= 15 is 0 Å². The molecule has 0 fully saturated rings. The van der Waals surface area contributed by atoms with Crippen molar-refractivity contribution < 1.29 is 13.2 Å². The Morgan fingerprint density at radius 1 is 1.14 bits per heavy atom. The van der Waals surface area contributed by atoms with Crippen molar-refractivity contribution in [3.8, 4) is 0 Å². The van der Waals surface area contributed by atoms with Gasteiger partial charge in [-0.05, 0) is 59.0 Å². The number of halogens is 2. The predicted molar refractivity (Wildman–Crippen MR) is 127 cm³/mol. The molecule has 1 amide bonds. The first kappa shape index (κ1) is 20.5. The minimum absolute atomic E-state index is 0.0804. The van der Waals surface area contributed by atoms with Crippen molar-refractivity contribution in [2.75, 3.05) is 10.0 Å². The molecule has 6 nitrogen and oxygen atoms in total. The standard InChI is InChI=1S/C18H11ClIN3O3S3/c19-10-1-6-13-14(9-10)28-16(15(13)20)17(24)22-11-2-4-12(5-3-11)29(25,26)23-18-21-7-8-27-18/h1-9H,(H,21,23)(H,22,24). The Balaban J connectivity index is 1.53. The number of hydrogen-bond donors (Lipinski definition) is 2. The maximum absolute atomic E-state index is 12.7. The summed E-state index contributed by atoms with van der Waals surface area (Å²) in [6, 6.07) is 11.5. The molecule has 0 spiro atoms. The lowest BCUT2D eigenvalue weighted by Gasteiger charge is -2.07. The number of fused-ring (bicyclic) bond motifs is 1. The molecule has 0 saturated carbocycles. The van der Waals surface area contributed by atoms with Gasteiger partial charge in [-0.3, -0.25) is 9.52 Å². The summed E-state index contributed by atoms with van der Waals surface area (Å²) in [7, 11) is -3.74. The molecule has 2 N–H and O–H groups in total. The van der Waals surface area contributed by atoms with E-state index in [-0.39, 0.29) is 10.8 Å². The van der Waals surface area contributed by atoms with Gasteiger partial charge in [0.15, 0.2) is 5.13 Å². The summed E-state index contributed by atoms with van der Waals surface area (Å²) in [5.74, 6) is -0.261. The van der Waals surface area contributed by atoms with Gasteiger partial charge in [0.25, 0.3) is 15.9 Å². The number of thiazole rings is 1. The van der Waals surface area contributed by atoms with Crippen LogP contribution >= 0.6 is 56.9 Å². The van der Waals surface area contributed by atoms with Gasteiger partial charge in [-0.2, -0.15) is 0 Å². The Bertz CT molecular complexity index is 1300. The molecule has 4 aromatic rings. The lowest BCUT2D eigenvalue weighted by Crippen LogP contribution is -2.14. The number of carbonyl (C=O) groups is 1. The molecule has 148 valence electrons. The van der Waals surface area contributed by atoms with Crippen molar-refractivity contribution in [1.29, 1.82) is 0 Å². The molecule has 2 aromatic heterocycles. The van der Waals surface area contributed by atoms with E-state index in [2.05, 4.69) is 37.6 Å². The van der Waals surface area contributed by atoms with Gasteiger partial charge in [0, 0.05) is 35.9 Å². The smallest absolute Gasteiger partial charge is 0.266 e. The summed E-state index contributed by atoms with van der Waals surface area (Å²) in [6.45, 7) is 0. The van der Waals surface area contributed by atoms with Gasteiger partial charge in [-0.25, -0.2) is 13.4 Å². The fourth-order valence-corrected chi connectivity index (χ4v) is 6.82. The Morgan fingerprint density at radius 2 is 1.90 bits per heavy atom. The Labute approximate surface area is 193 Å². The molecule has 2 aromatic carbocycles. The number of aromatic nitrogens is 1. The van der Waals surface area contributed by atoms with Crippen LogP contribution in [0.5, 0.6) is 0 Å². The SMILES string of the molecule is O=C(Nc1ccc(S(=O)(=O)Nc2nccs2)cc1)c1sc2cc(Cl)ccc2c1I. The molecule has 0 radical (unpaired) electrons. The average Bonchev–Trinajstić information content (AvgIpc) is 3.29. The minimum Gasteiger partial charge on any atom is -0.321 e. The highest BCUT2D eigenvalue weighted by Gasteiger charge is 2.18. The zero-order valence-corrected chi connectivity index (χ0v) is 19.7. The van der Waals surface area contributed by atoms with E-state index in [1.54, 1.807) is 23.6 Å². The number of sulfonamides is 1. The number of carbonyl (C=O) groups excluding carboxylic acids is 1. The van der Waals surface area contributed by atoms with Gasteiger partial charge in [0.1, 0.15) is 4.88 Å². The molecular weight excluding hydrogens is 565 g/mol. The topological polar surface area (TPSA) is 88.2 Å². The van der Waals surface area contributed by atoms with Crippen LogP contribution in [0.4, 0.5) is 10.8 Å². The summed E-state index contributed by atoms with van der Waals surface area (Å²) in [4.78, 5) is 17.3. The van der Waals surface area contributed by atoms with E-state index in [4.69, 9.17) is 11.6 Å². The number of hydrogen-bond acceptors (Lipinski definition) is 6. The summed E-state index contributed by atoms with van der Waals surface area (Å²) in [5.41, 5.74) is 0.495. The van der Waals surface area contributed by atoms with Crippen LogP contribution < -0.4 is 10.0 Å². The molecule has 0 bridgehead atoms. The lowest BCUT2D eigenvalue weighted by atomic mass is 10.2. The van der Waals surface area contributed by atoms with Crippen LogP contribution in [0.3, 0.4) is 0 Å². The Hall–Kier alpha value is -1.73. The van der Waals surface area contributed by atoms with Crippen molar-refractivity contribution >= 4 is 93.7 Å². The molecule has 0 saturated heterocycles. The molecule has 0 atom stereocenters. The highest BCUT2D eigenvalue weighted by atomic mass is 127. The second-order valence-corrected chi connectivity index (χ2v) is 11.0. The zero-order valence-electron chi connectivity index (χ0n) is 14.3. The van der Waals surface area contributed by atoms with Crippen molar-refractivity contribution in [2.24, 2.45) is 0 Å². The number of thiophene rings is 1. The van der Waals surface area contributed by atoms with Crippen LogP contribution in [0, 0.1) is 3.57 Å². The normalized spacial score (nSPS) is 11.5. The van der Waals surface area contributed by atoms with Crippen LogP contribution in [0.25, 0.3) is 10.1 Å². The molecule has 4 rings (SSSR count).